The number of hydrogen-bond donors (Lipinski definition) is 2. The topological polar surface area (TPSA) is 98.3 Å². The van der Waals surface area contributed by atoms with E-state index in [1.165, 1.54) is 37.5 Å². The first kappa shape index (κ1) is 13.3. The number of hydrogen-bond acceptors (Lipinski definition) is 4. The van der Waals surface area contributed by atoms with Crippen molar-refractivity contribution >= 4 is 17.3 Å². The largest absolute Gasteiger partial charge is 0.393 e. The third-order valence-electron chi connectivity index (χ3n) is 3.59. The SMILES string of the molecule is Nc1c(C(=O)NCCC2CCC2)cccc1[N+](=O)[O-]. The minimum atomic E-state index is -0.583. The molecule has 3 N–H and O–H groups in total. The van der Waals surface area contributed by atoms with Crippen molar-refractivity contribution in [2.24, 2.45) is 5.92 Å². The van der Waals surface area contributed by atoms with Crippen molar-refractivity contribution in [1.29, 1.82) is 0 Å². The second-order valence-corrected chi connectivity index (χ2v) is 4.84. The Labute approximate surface area is 111 Å². The predicted molar refractivity (Wildman–Crippen MR) is 71.8 cm³/mol. The molecule has 6 nitrogen and oxygen atoms in total. The predicted octanol–water partition coefficient (Wildman–Crippen LogP) is 2.10. The molecular formula is C13H17N3O3. The molecule has 0 aliphatic heterocycles. The van der Waals surface area contributed by atoms with Crippen LogP contribution in [0.3, 0.4) is 0 Å². The van der Waals surface area contributed by atoms with Gasteiger partial charge < -0.3 is 11.1 Å². The fourth-order valence-electron chi connectivity index (χ4n) is 2.18. The Morgan fingerprint density at radius 2 is 2.21 bits per heavy atom. The molecule has 1 amide bonds. The van der Waals surface area contributed by atoms with Gasteiger partial charge in [-0.25, -0.2) is 0 Å². The number of rotatable bonds is 5. The van der Waals surface area contributed by atoms with Gasteiger partial charge in [-0.2, -0.15) is 0 Å². The number of benzene rings is 1. The highest BCUT2D eigenvalue weighted by Crippen LogP contribution is 2.29. The van der Waals surface area contributed by atoms with E-state index >= 15 is 0 Å². The Balaban J connectivity index is 1.97. The molecule has 19 heavy (non-hydrogen) atoms. The summed E-state index contributed by atoms with van der Waals surface area (Å²) in [5, 5.41) is 13.5. The number of nitrogens with one attached hydrogen (secondary N) is 1. The summed E-state index contributed by atoms with van der Waals surface area (Å²) < 4.78 is 0. The monoisotopic (exact) mass is 263 g/mol. The molecule has 0 bridgehead atoms. The van der Waals surface area contributed by atoms with Gasteiger partial charge in [0.1, 0.15) is 5.69 Å². The molecule has 2 rings (SSSR count). The summed E-state index contributed by atoms with van der Waals surface area (Å²) in [4.78, 5) is 22.1. The zero-order chi connectivity index (χ0) is 13.8. The molecule has 0 atom stereocenters. The highest BCUT2D eigenvalue weighted by molar-refractivity contribution is 6.00. The van der Waals surface area contributed by atoms with Crippen LogP contribution in [0.5, 0.6) is 0 Å². The van der Waals surface area contributed by atoms with Crippen LogP contribution < -0.4 is 11.1 Å². The third-order valence-corrected chi connectivity index (χ3v) is 3.59. The summed E-state index contributed by atoms with van der Waals surface area (Å²) >= 11 is 0. The maximum atomic E-state index is 11.9. The summed E-state index contributed by atoms with van der Waals surface area (Å²) in [7, 11) is 0. The van der Waals surface area contributed by atoms with Crippen LogP contribution in [0.15, 0.2) is 18.2 Å². The standard InChI is InChI=1S/C13H17N3O3/c14-12-10(5-2-6-11(12)16(18)19)13(17)15-8-7-9-3-1-4-9/h2,5-6,9H,1,3-4,7-8,14H2,(H,15,17). The molecule has 0 unspecified atom stereocenters. The van der Waals surface area contributed by atoms with E-state index in [0.717, 1.165) is 6.42 Å². The molecule has 6 heteroatoms. The summed E-state index contributed by atoms with van der Waals surface area (Å²) in [5.74, 6) is 0.364. The Morgan fingerprint density at radius 1 is 1.47 bits per heavy atom. The van der Waals surface area contributed by atoms with E-state index in [4.69, 9.17) is 5.73 Å². The number of amides is 1. The minimum Gasteiger partial charge on any atom is -0.393 e. The zero-order valence-corrected chi connectivity index (χ0v) is 10.6. The van der Waals surface area contributed by atoms with Crippen LogP contribution in [0.2, 0.25) is 0 Å². The second-order valence-electron chi connectivity index (χ2n) is 4.84. The number of para-hydroxylation sites is 1. The van der Waals surface area contributed by atoms with E-state index in [1.54, 1.807) is 0 Å². The van der Waals surface area contributed by atoms with Crippen molar-refractivity contribution in [3.8, 4) is 0 Å². The van der Waals surface area contributed by atoms with Gasteiger partial charge in [0.2, 0.25) is 0 Å². The molecule has 1 aliphatic rings. The Morgan fingerprint density at radius 3 is 2.79 bits per heavy atom. The van der Waals surface area contributed by atoms with E-state index in [9.17, 15) is 14.9 Å². The summed E-state index contributed by atoms with van der Waals surface area (Å²) in [6.45, 7) is 0.589. The van der Waals surface area contributed by atoms with E-state index < -0.39 is 4.92 Å². The molecule has 0 aromatic heterocycles. The van der Waals surface area contributed by atoms with Crippen LogP contribution in [-0.4, -0.2) is 17.4 Å². The molecule has 1 fully saturated rings. The first-order valence-corrected chi connectivity index (χ1v) is 6.40. The number of nitro benzene ring substituents is 1. The lowest BCUT2D eigenvalue weighted by molar-refractivity contribution is -0.383. The number of nitrogens with zero attached hydrogens (tertiary/aromatic N) is 1. The first-order valence-electron chi connectivity index (χ1n) is 6.40. The second kappa shape index (κ2) is 5.69. The van der Waals surface area contributed by atoms with Gasteiger partial charge in [0, 0.05) is 12.6 Å². The van der Waals surface area contributed by atoms with Gasteiger partial charge in [0.05, 0.1) is 10.5 Å². The molecule has 1 aromatic rings. The normalized spacial score (nSPS) is 14.7. The quantitative estimate of drug-likeness (QED) is 0.482. The lowest BCUT2D eigenvalue weighted by atomic mass is 9.83. The average molecular weight is 263 g/mol. The van der Waals surface area contributed by atoms with Gasteiger partial charge in [0.25, 0.3) is 11.6 Å². The molecule has 0 radical (unpaired) electrons. The lowest BCUT2D eigenvalue weighted by Crippen LogP contribution is -2.28. The van der Waals surface area contributed by atoms with Gasteiger partial charge in [-0.05, 0) is 18.4 Å². The number of nitro groups is 1. The van der Waals surface area contributed by atoms with Gasteiger partial charge in [-0.3, -0.25) is 14.9 Å². The van der Waals surface area contributed by atoms with Gasteiger partial charge in [-0.15, -0.1) is 0 Å². The number of carbonyl (C=O) groups excluding carboxylic acids is 1. The lowest BCUT2D eigenvalue weighted by Gasteiger charge is -2.25. The molecular weight excluding hydrogens is 246 g/mol. The molecule has 0 spiro atoms. The van der Waals surface area contributed by atoms with Crippen LogP contribution in [-0.2, 0) is 0 Å². The van der Waals surface area contributed by atoms with E-state index in [1.807, 2.05) is 0 Å². The van der Waals surface area contributed by atoms with Crippen molar-refractivity contribution in [2.45, 2.75) is 25.7 Å². The Kier molecular flexibility index (Phi) is 3.99. The van der Waals surface area contributed by atoms with E-state index in [2.05, 4.69) is 5.32 Å². The Bertz CT molecular complexity index is 498. The van der Waals surface area contributed by atoms with Gasteiger partial charge in [-0.1, -0.05) is 25.3 Å². The van der Waals surface area contributed by atoms with Crippen LogP contribution in [0.4, 0.5) is 11.4 Å². The zero-order valence-electron chi connectivity index (χ0n) is 10.6. The smallest absolute Gasteiger partial charge is 0.292 e. The van der Waals surface area contributed by atoms with E-state index in [-0.39, 0.29) is 22.8 Å². The maximum Gasteiger partial charge on any atom is 0.292 e. The number of anilines is 1. The van der Waals surface area contributed by atoms with Crippen molar-refractivity contribution in [2.75, 3.05) is 12.3 Å². The van der Waals surface area contributed by atoms with Gasteiger partial charge >= 0.3 is 0 Å². The fraction of sp³-hybridized carbons (Fsp3) is 0.462. The summed E-state index contributed by atoms with van der Waals surface area (Å²) in [5.41, 5.74) is 5.52. The fourth-order valence-corrected chi connectivity index (χ4v) is 2.18. The van der Waals surface area contributed by atoms with Crippen LogP contribution in [0.1, 0.15) is 36.0 Å². The average Bonchev–Trinajstić information content (AvgIpc) is 2.32. The van der Waals surface area contributed by atoms with Crippen molar-refractivity contribution in [1.82, 2.24) is 5.32 Å². The highest BCUT2D eigenvalue weighted by atomic mass is 16.6. The molecule has 102 valence electrons. The van der Waals surface area contributed by atoms with Crippen molar-refractivity contribution in [3.63, 3.8) is 0 Å². The van der Waals surface area contributed by atoms with Crippen molar-refractivity contribution in [3.05, 3.63) is 33.9 Å². The summed E-state index contributed by atoms with van der Waals surface area (Å²) in [6, 6.07) is 4.26. The third kappa shape index (κ3) is 3.01. The Hall–Kier alpha value is -2.11. The van der Waals surface area contributed by atoms with Crippen LogP contribution >= 0.6 is 0 Å². The first-order chi connectivity index (χ1) is 9.09. The van der Waals surface area contributed by atoms with Crippen LogP contribution in [0.25, 0.3) is 0 Å². The maximum absolute atomic E-state index is 11.9. The number of nitrogen functional groups attached to an aromatic ring is 1. The van der Waals surface area contributed by atoms with Crippen LogP contribution in [0, 0.1) is 16.0 Å². The molecule has 1 aliphatic carbocycles. The van der Waals surface area contributed by atoms with Crippen molar-refractivity contribution < 1.29 is 9.72 Å². The molecule has 1 saturated carbocycles. The summed E-state index contributed by atoms with van der Waals surface area (Å²) in [6.07, 6.45) is 4.70. The highest BCUT2D eigenvalue weighted by Gasteiger charge is 2.20. The molecule has 0 saturated heterocycles. The van der Waals surface area contributed by atoms with E-state index in [0.29, 0.717) is 12.5 Å². The molecule has 0 heterocycles. The number of carbonyl (C=O) groups is 1. The number of nitrogens with two attached hydrogens (primary N) is 1. The minimum absolute atomic E-state index is 0.0753. The van der Waals surface area contributed by atoms with Gasteiger partial charge in [0.15, 0.2) is 0 Å². The molecule has 1 aromatic carbocycles.